The molecule has 0 radical (unpaired) electrons. The first kappa shape index (κ1) is 13.5. The number of hydrogen-bond donors (Lipinski definition) is 1. The van der Waals surface area contributed by atoms with E-state index in [1.54, 1.807) is 30.5 Å². The third kappa shape index (κ3) is 2.44. The molecule has 0 aliphatic heterocycles. The number of halogens is 1. The molecule has 0 saturated carbocycles. The van der Waals surface area contributed by atoms with Crippen LogP contribution in [-0.4, -0.2) is 17.2 Å². The Bertz CT molecular complexity index is 574. The van der Waals surface area contributed by atoms with E-state index in [9.17, 15) is 9.50 Å². The van der Waals surface area contributed by atoms with Gasteiger partial charge >= 0.3 is 0 Å². The van der Waals surface area contributed by atoms with Crippen molar-refractivity contribution in [2.75, 3.05) is 7.11 Å². The molecule has 1 heterocycles. The van der Waals surface area contributed by atoms with Gasteiger partial charge in [-0.2, -0.15) is 0 Å². The highest BCUT2D eigenvalue weighted by Gasteiger charge is 2.34. The van der Waals surface area contributed by atoms with Gasteiger partial charge in [-0.15, -0.1) is 0 Å². The maximum Gasteiger partial charge on any atom is 0.143 e. The van der Waals surface area contributed by atoms with E-state index in [4.69, 9.17) is 4.74 Å². The van der Waals surface area contributed by atoms with Crippen molar-refractivity contribution >= 4 is 0 Å². The van der Waals surface area contributed by atoms with E-state index in [2.05, 4.69) is 4.98 Å². The summed E-state index contributed by atoms with van der Waals surface area (Å²) >= 11 is 0. The van der Waals surface area contributed by atoms with Gasteiger partial charge in [-0.05, 0) is 36.2 Å². The van der Waals surface area contributed by atoms with Crippen LogP contribution in [0.4, 0.5) is 4.39 Å². The second-order valence-electron chi connectivity index (χ2n) is 4.28. The fourth-order valence-corrected chi connectivity index (χ4v) is 2.12. The number of benzene rings is 1. The molecule has 1 unspecified atom stereocenters. The highest BCUT2D eigenvalue weighted by molar-refractivity contribution is 5.40. The van der Waals surface area contributed by atoms with Gasteiger partial charge in [-0.1, -0.05) is 19.1 Å². The van der Waals surface area contributed by atoms with Gasteiger partial charge < -0.3 is 9.84 Å². The number of nitrogens with zero attached hydrogens (tertiary/aromatic N) is 1. The van der Waals surface area contributed by atoms with Gasteiger partial charge in [0, 0.05) is 6.20 Å². The molecule has 0 aliphatic rings. The van der Waals surface area contributed by atoms with E-state index in [0.29, 0.717) is 23.4 Å². The molecule has 0 amide bonds. The maximum absolute atomic E-state index is 13.4. The van der Waals surface area contributed by atoms with E-state index in [0.717, 1.165) is 0 Å². The number of pyridine rings is 1. The lowest BCUT2D eigenvalue weighted by Crippen LogP contribution is -2.28. The molecule has 4 heteroatoms. The summed E-state index contributed by atoms with van der Waals surface area (Å²) in [6, 6.07) is 9.36. The van der Waals surface area contributed by atoms with Crippen LogP contribution >= 0.6 is 0 Å². The smallest absolute Gasteiger partial charge is 0.143 e. The van der Waals surface area contributed by atoms with Gasteiger partial charge in [0.05, 0.1) is 7.11 Å². The lowest BCUT2D eigenvalue weighted by Gasteiger charge is -2.28. The summed E-state index contributed by atoms with van der Waals surface area (Å²) in [5.41, 5.74) is -0.507. The molecule has 0 bridgehead atoms. The first-order chi connectivity index (χ1) is 9.11. The molecule has 0 spiro atoms. The SMILES string of the molecule is CCC(O)(c1cccc(F)c1)c1ncccc1OC. The van der Waals surface area contributed by atoms with E-state index < -0.39 is 5.60 Å². The zero-order valence-electron chi connectivity index (χ0n) is 10.9. The van der Waals surface area contributed by atoms with Crippen LogP contribution in [0.1, 0.15) is 24.6 Å². The fourth-order valence-electron chi connectivity index (χ4n) is 2.12. The Morgan fingerprint density at radius 1 is 1.32 bits per heavy atom. The molecule has 1 N–H and O–H groups in total. The maximum atomic E-state index is 13.4. The standard InChI is InChI=1S/C15H16FNO2/c1-3-15(18,11-6-4-7-12(16)10-11)14-13(19-2)8-5-9-17-14/h4-10,18H,3H2,1-2H3. The van der Waals surface area contributed by atoms with Gasteiger partial charge in [-0.25, -0.2) is 4.39 Å². The lowest BCUT2D eigenvalue weighted by atomic mass is 9.87. The zero-order valence-corrected chi connectivity index (χ0v) is 10.9. The van der Waals surface area contributed by atoms with Crippen LogP contribution in [0, 0.1) is 5.82 Å². The summed E-state index contributed by atoms with van der Waals surface area (Å²) in [5.74, 6) is 0.0929. The van der Waals surface area contributed by atoms with Gasteiger partial charge in [0.1, 0.15) is 22.9 Å². The molecule has 3 nitrogen and oxygen atoms in total. The first-order valence-electron chi connectivity index (χ1n) is 6.09. The van der Waals surface area contributed by atoms with Crippen LogP contribution in [0.5, 0.6) is 5.75 Å². The molecule has 19 heavy (non-hydrogen) atoms. The van der Waals surface area contributed by atoms with Crippen LogP contribution in [0.25, 0.3) is 0 Å². The summed E-state index contributed by atoms with van der Waals surface area (Å²) < 4.78 is 18.6. The van der Waals surface area contributed by atoms with Crippen molar-refractivity contribution in [3.8, 4) is 5.75 Å². The van der Waals surface area contributed by atoms with Crippen LogP contribution in [0.15, 0.2) is 42.6 Å². The second-order valence-corrected chi connectivity index (χ2v) is 4.28. The van der Waals surface area contributed by atoms with E-state index >= 15 is 0 Å². The average Bonchev–Trinajstić information content (AvgIpc) is 2.46. The predicted molar refractivity (Wildman–Crippen MR) is 70.5 cm³/mol. The third-order valence-corrected chi connectivity index (χ3v) is 3.20. The van der Waals surface area contributed by atoms with Gasteiger partial charge in [0.25, 0.3) is 0 Å². The molecule has 1 atom stereocenters. The average molecular weight is 261 g/mol. The molecule has 100 valence electrons. The Hall–Kier alpha value is -1.94. The molecule has 0 saturated heterocycles. The minimum atomic E-state index is -1.37. The van der Waals surface area contributed by atoms with Crippen LogP contribution in [-0.2, 0) is 5.60 Å². The summed E-state index contributed by atoms with van der Waals surface area (Å²) in [6.45, 7) is 1.82. The van der Waals surface area contributed by atoms with Crippen molar-refractivity contribution in [2.24, 2.45) is 0 Å². The van der Waals surface area contributed by atoms with Crippen molar-refractivity contribution < 1.29 is 14.2 Å². The van der Waals surface area contributed by atoms with E-state index in [-0.39, 0.29) is 5.82 Å². The van der Waals surface area contributed by atoms with Crippen LogP contribution in [0.2, 0.25) is 0 Å². The monoisotopic (exact) mass is 261 g/mol. The molecular formula is C15H16FNO2. The van der Waals surface area contributed by atoms with E-state index in [1.165, 1.54) is 19.2 Å². The number of aromatic nitrogens is 1. The summed E-state index contributed by atoms with van der Waals surface area (Å²) in [6.07, 6.45) is 1.95. The molecular weight excluding hydrogens is 245 g/mol. The highest BCUT2D eigenvalue weighted by Crippen LogP contribution is 2.36. The summed E-state index contributed by atoms with van der Waals surface area (Å²) in [7, 11) is 1.52. The van der Waals surface area contributed by atoms with Gasteiger partial charge in [0.2, 0.25) is 0 Å². The van der Waals surface area contributed by atoms with Crippen LogP contribution in [0.3, 0.4) is 0 Å². The van der Waals surface area contributed by atoms with Crippen molar-refractivity contribution in [1.82, 2.24) is 4.98 Å². The van der Waals surface area contributed by atoms with Crippen molar-refractivity contribution in [3.63, 3.8) is 0 Å². The van der Waals surface area contributed by atoms with Crippen molar-refractivity contribution in [2.45, 2.75) is 18.9 Å². The lowest BCUT2D eigenvalue weighted by molar-refractivity contribution is 0.0685. The number of methoxy groups -OCH3 is 1. The molecule has 0 fully saturated rings. The van der Waals surface area contributed by atoms with E-state index in [1.807, 2.05) is 6.92 Å². The third-order valence-electron chi connectivity index (χ3n) is 3.20. The second kappa shape index (κ2) is 5.36. The minimum absolute atomic E-state index is 0.365. The summed E-state index contributed by atoms with van der Waals surface area (Å²) in [4.78, 5) is 4.20. The van der Waals surface area contributed by atoms with Gasteiger partial charge in [-0.3, -0.25) is 4.98 Å². The predicted octanol–water partition coefficient (Wildman–Crippen LogP) is 2.88. The Morgan fingerprint density at radius 2 is 2.11 bits per heavy atom. The molecule has 0 aliphatic carbocycles. The summed E-state index contributed by atoms with van der Waals surface area (Å²) in [5, 5.41) is 10.9. The Morgan fingerprint density at radius 3 is 2.74 bits per heavy atom. The largest absolute Gasteiger partial charge is 0.495 e. The molecule has 2 aromatic rings. The van der Waals surface area contributed by atoms with Crippen LogP contribution < -0.4 is 4.74 Å². The quantitative estimate of drug-likeness (QED) is 0.920. The molecule has 2 rings (SSSR count). The number of hydrogen-bond acceptors (Lipinski definition) is 3. The topological polar surface area (TPSA) is 42.4 Å². The van der Waals surface area contributed by atoms with Gasteiger partial charge in [0.15, 0.2) is 0 Å². The number of ether oxygens (including phenoxy) is 1. The highest BCUT2D eigenvalue weighted by atomic mass is 19.1. The molecule has 1 aromatic carbocycles. The molecule has 1 aromatic heterocycles. The first-order valence-corrected chi connectivity index (χ1v) is 6.09. The normalized spacial score (nSPS) is 13.9. The Labute approximate surface area is 111 Å². The van der Waals surface area contributed by atoms with Crippen molar-refractivity contribution in [3.05, 3.63) is 59.7 Å². The Balaban J connectivity index is 2.59. The fraction of sp³-hybridized carbons (Fsp3) is 0.267. The zero-order chi connectivity index (χ0) is 13.9. The number of rotatable bonds is 4. The van der Waals surface area contributed by atoms with Crippen molar-refractivity contribution in [1.29, 1.82) is 0 Å². The minimum Gasteiger partial charge on any atom is -0.495 e. The number of aliphatic hydroxyl groups is 1. The Kier molecular flexibility index (Phi) is 3.81.